The summed E-state index contributed by atoms with van der Waals surface area (Å²) in [6.45, 7) is 7.77. The Hall–Kier alpha value is -2.32. The number of rotatable bonds is 9. The lowest BCUT2D eigenvalue weighted by Crippen LogP contribution is -2.31. The molecule has 0 aliphatic carbocycles. The fraction of sp³-hybridized carbons (Fsp3) is 0.692. The van der Waals surface area contributed by atoms with Crippen LogP contribution < -0.4 is 19.7 Å². The van der Waals surface area contributed by atoms with Crippen molar-refractivity contribution >= 4 is 22.7 Å². The van der Waals surface area contributed by atoms with Gasteiger partial charge in [0, 0.05) is 37.7 Å². The number of nitrogens with zero attached hydrogens (tertiary/aromatic N) is 4. The van der Waals surface area contributed by atoms with Gasteiger partial charge in [-0.2, -0.15) is 4.98 Å². The number of fused-ring (bicyclic) bond motifs is 1. The highest BCUT2D eigenvalue weighted by molar-refractivity contribution is 5.93. The Labute approximate surface area is 203 Å². The molecule has 0 bridgehead atoms. The fourth-order valence-corrected chi connectivity index (χ4v) is 5.27. The molecule has 8 heteroatoms. The van der Waals surface area contributed by atoms with Crippen LogP contribution in [0.15, 0.2) is 12.1 Å². The van der Waals surface area contributed by atoms with Crippen molar-refractivity contribution in [1.82, 2.24) is 14.9 Å². The number of aromatic nitrogens is 2. The number of nitrogens with one attached hydrogen (secondary N) is 1. The summed E-state index contributed by atoms with van der Waals surface area (Å²) >= 11 is 0. The summed E-state index contributed by atoms with van der Waals surface area (Å²) in [5.41, 5.74) is 0.892. The van der Waals surface area contributed by atoms with E-state index in [9.17, 15) is 0 Å². The van der Waals surface area contributed by atoms with Gasteiger partial charge in [-0.15, -0.1) is 0 Å². The van der Waals surface area contributed by atoms with Gasteiger partial charge in [0.1, 0.15) is 5.82 Å². The Morgan fingerprint density at radius 1 is 1.00 bits per heavy atom. The van der Waals surface area contributed by atoms with E-state index in [0.717, 1.165) is 79.7 Å². The molecule has 1 N–H and O–H groups in total. The molecule has 5 rings (SSSR count). The average Bonchev–Trinajstić information content (AvgIpc) is 3.42. The molecule has 1 aromatic heterocycles. The van der Waals surface area contributed by atoms with Gasteiger partial charge in [-0.1, -0.05) is 6.42 Å². The van der Waals surface area contributed by atoms with Crippen molar-refractivity contribution in [2.45, 2.75) is 57.4 Å². The van der Waals surface area contributed by atoms with E-state index in [1.807, 2.05) is 12.1 Å². The minimum Gasteiger partial charge on any atom is -0.493 e. The normalized spacial score (nSPS) is 21.7. The Kier molecular flexibility index (Phi) is 7.86. The molecule has 0 radical (unpaired) electrons. The number of ether oxygens (including phenoxy) is 3. The minimum absolute atomic E-state index is 0.259. The monoisotopic (exact) mass is 469 g/mol. The molecule has 3 aliphatic heterocycles. The molecule has 0 saturated carbocycles. The molecule has 8 nitrogen and oxygen atoms in total. The lowest BCUT2D eigenvalue weighted by atomic mass is 10.1. The molecule has 0 amide bonds. The number of piperidine rings is 1. The molecule has 4 heterocycles. The zero-order valence-electron chi connectivity index (χ0n) is 20.6. The van der Waals surface area contributed by atoms with Crippen molar-refractivity contribution in [1.29, 1.82) is 0 Å². The number of anilines is 2. The SMILES string of the molecule is COc1cc2c(NC3CCCOC3)nc(N3CCCC3)nc2cc1OCCCN1CCCCC1. The van der Waals surface area contributed by atoms with Crippen LogP contribution in [0.5, 0.6) is 11.5 Å². The summed E-state index contributed by atoms with van der Waals surface area (Å²) in [7, 11) is 1.70. The van der Waals surface area contributed by atoms with Crippen LogP contribution in [-0.4, -0.2) is 80.6 Å². The van der Waals surface area contributed by atoms with Crippen LogP contribution in [0.4, 0.5) is 11.8 Å². The molecular formula is C26H39N5O3. The Balaban J connectivity index is 1.37. The Morgan fingerprint density at radius 3 is 2.59 bits per heavy atom. The van der Waals surface area contributed by atoms with Gasteiger partial charge < -0.3 is 29.3 Å². The lowest BCUT2D eigenvalue weighted by Gasteiger charge is -2.26. The smallest absolute Gasteiger partial charge is 0.227 e. The third kappa shape index (κ3) is 5.66. The van der Waals surface area contributed by atoms with E-state index >= 15 is 0 Å². The average molecular weight is 470 g/mol. The number of hydrogen-bond donors (Lipinski definition) is 1. The van der Waals surface area contributed by atoms with Gasteiger partial charge in [0.2, 0.25) is 5.95 Å². The molecule has 0 spiro atoms. The van der Waals surface area contributed by atoms with Crippen molar-refractivity contribution in [3.8, 4) is 11.5 Å². The first-order chi connectivity index (χ1) is 16.8. The minimum atomic E-state index is 0.259. The molecule has 186 valence electrons. The van der Waals surface area contributed by atoms with Gasteiger partial charge in [0.25, 0.3) is 0 Å². The maximum absolute atomic E-state index is 6.22. The van der Waals surface area contributed by atoms with Crippen molar-refractivity contribution in [3.05, 3.63) is 12.1 Å². The van der Waals surface area contributed by atoms with E-state index in [1.54, 1.807) is 7.11 Å². The number of benzene rings is 1. The summed E-state index contributed by atoms with van der Waals surface area (Å²) in [6, 6.07) is 4.31. The third-order valence-electron chi connectivity index (χ3n) is 7.18. The van der Waals surface area contributed by atoms with Crippen LogP contribution >= 0.6 is 0 Å². The van der Waals surface area contributed by atoms with Crippen molar-refractivity contribution in [3.63, 3.8) is 0 Å². The van der Waals surface area contributed by atoms with E-state index < -0.39 is 0 Å². The Morgan fingerprint density at radius 2 is 1.82 bits per heavy atom. The van der Waals surface area contributed by atoms with Gasteiger partial charge in [-0.3, -0.25) is 0 Å². The molecule has 2 aromatic rings. The van der Waals surface area contributed by atoms with Crippen LogP contribution in [0, 0.1) is 0 Å². The zero-order valence-corrected chi connectivity index (χ0v) is 20.6. The molecule has 3 fully saturated rings. The molecule has 1 aromatic carbocycles. The zero-order chi connectivity index (χ0) is 23.2. The summed E-state index contributed by atoms with van der Waals surface area (Å²) in [5, 5.41) is 4.61. The lowest BCUT2D eigenvalue weighted by molar-refractivity contribution is 0.0875. The van der Waals surface area contributed by atoms with Crippen LogP contribution in [-0.2, 0) is 4.74 Å². The first kappa shape index (κ1) is 23.4. The topological polar surface area (TPSA) is 72.0 Å². The maximum atomic E-state index is 6.22. The highest BCUT2D eigenvalue weighted by atomic mass is 16.5. The van der Waals surface area contributed by atoms with Gasteiger partial charge in [-0.25, -0.2) is 4.98 Å². The number of hydrogen-bond acceptors (Lipinski definition) is 8. The van der Waals surface area contributed by atoms with Crippen LogP contribution in [0.1, 0.15) is 51.4 Å². The number of likely N-dealkylation sites (tertiary alicyclic amines) is 1. The second-order valence-electron chi connectivity index (χ2n) is 9.75. The molecule has 1 unspecified atom stereocenters. The van der Waals surface area contributed by atoms with E-state index in [2.05, 4.69) is 15.1 Å². The predicted molar refractivity (Wildman–Crippen MR) is 135 cm³/mol. The van der Waals surface area contributed by atoms with Crippen molar-refractivity contribution in [2.24, 2.45) is 0 Å². The second-order valence-corrected chi connectivity index (χ2v) is 9.75. The molecule has 3 aliphatic rings. The fourth-order valence-electron chi connectivity index (χ4n) is 5.27. The van der Waals surface area contributed by atoms with E-state index in [1.165, 1.54) is 45.2 Å². The van der Waals surface area contributed by atoms with Gasteiger partial charge in [0.15, 0.2) is 11.5 Å². The molecule has 3 saturated heterocycles. The summed E-state index contributed by atoms with van der Waals surface area (Å²) < 4.78 is 17.6. The van der Waals surface area contributed by atoms with Gasteiger partial charge in [0.05, 0.1) is 31.9 Å². The predicted octanol–water partition coefficient (Wildman–Crippen LogP) is 4.08. The third-order valence-corrected chi connectivity index (χ3v) is 7.18. The Bertz CT molecular complexity index is 938. The van der Waals surface area contributed by atoms with Crippen molar-refractivity contribution < 1.29 is 14.2 Å². The maximum Gasteiger partial charge on any atom is 0.227 e. The number of methoxy groups -OCH3 is 1. The summed E-state index contributed by atoms with van der Waals surface area (Å²) in [5.74, 6) is 3.14. The molecule has 1 atom stereocenters. The van der Waals surface area contributed by atoms with E-state index in [-0.39, 0.29) is 6.04 Å². The summed E-state index contributed by atoms with van der Waals surface area (Å²) in [4.78, 5) is 14.7. The van der Waals surface area contributed by atoms with Crippen LogP contribution in [0.2, 0.25) is 0 Å². The van der Waals surface area contributed by atoms with Crippen LogP contribution in [0.3, 0.4) is 0 Å². The first-order valence-corrected chi connectivity index (χ1v) is 13.1. The standard InChI is InChI=1S/C26H39N5O3/c1-32-23-17-21-22(18-24(23)34-16-8-12-30-10-3-2-4-11-30)28-26(31-13-5-6-14-31)29-25(21)27-20-9-7-15-33-19-20/h17-18,20H,2-16,19H2,1H3,(H,27,28,29). The van der Waals surface area contributed by atoms with Crippen molar-refractivity contribution in [2.75, 3.05) is 69.9 Å². The second kappa shape index (κ2) is 11.4. The van der Waals surface area contributed by atoms with Gasteiger partial charge >= 0.3 is 0 Å². The quantitative estimate of drug-likeness (QED) is 0.551. The van der Waals surface area contributed by atoms with Crippen LogP contribution in [0.25, 0.3) is 10.9 Å². The highest BCUT2D eigenvalue weighted by Gasteiger charge is 2.22. The van der Waals surface area contributed by atoms with E-state index in [0.29, 0.717) is 13.2 Å². The largest absolute Gasteiger partial charge is 0.493 e. The molecule has 34 heavy (non-hydrogen) atoms. The highest BCUT2D eigenvalue weighted by Crippen LogP contribution is 2.36. The molecular weight excluding hydrogens is 430 g/mol. The van der Waals surface area contributed by atoms with Gasteiger partial charge in [-0.05, 0) is 64.1 Å². The summed E-state index contributed by atoms with van der Waals surface area (Å²) in [6.07, 6.45) is 9.55. The van der Waals surface area contributed by atoms with E-state index in [4.69, 9.17) is 24.2 Å². The first-order valence-electron chi connectivity index (χ1n) is 13.1.